The third-order valence-electron chi connectivity index (χ3n) is 4.58. The summed E-state index contributed by atoms with van der Waals surface area (Å²) in [4.78, 5) is 2.40. The second kappa shape index (κ2) is 6.86. The van der Waals surface area contributed by atoms with Crippen molar-refractivity contribution in [2.24, 2.45) is 0 Å². The van der Waals surface area contributed by atoms with E-state index in [1.807, 2.05) is 22.9 Å². The summed E-state index contributed by atoms with van der Waals surface area (Å²) < 4.78 is 32.4. The van der Waals surface area contributed by atoms with Crippen LogP contribution in [0.3, 0.4) is 0 Å². The van der Waals surface area contributed by atoms with E-state index in [0.29, 0.717) is 0 Å². The molecule has 0 radical (unpaired) electrons. The van der Waals surface area contributed by atoms with Gasteiger partial charge in [0.15, 0.2) is 0 Å². The standard InChI is InChI=1S/C18H22N4O3S/c1-26(23,24)19-11-16-10-17-13-21(6-2-7-22(17)20-16)12-14-3-4-18-15(9-14)5-8-25-18/h3-5,8-10,19H,2,6-7,11-13H2,1H3. The van der Waals surface area contributed by atoms with Crippen LogP contribution in [0.2, 0.25) is 0 Å². The van der Waals surface area contributed by atoms with Crippen molar-refractivity contribution in [2.45, 2.75) is 32.6 Å². The molecule has 1 aromatic carbocycles. The Balaban J connectivity index is 1.47. The van der Waals surface area contributed by atoms with E-state index in [-0.39, 0.29) is 6.54 Å². The SMILES string of the molecule is CS(=O)(=O)NCc1cc2n(n1)CCCN(Cc1ccc3occc3c1)C2. The molecule has 0 aliphatic carbocycles. The van der Waals surface area contributed by atoms with Gasteiger partial charge in [0, 0.05) is 31.6 Å². The van der Waals surface area contributed by atoms with E-state index in [9.17, 15) is 8.42 Å². The topological polar surface area (TPSA) is 80.4 Å². The molecule has 1 aliphatic rings. The summed E-state index contributed by atoms with van der Waals surface area (Å²) >= 11 is 0. The van der Waals surface area contributed by atoms with E-state index in [2.05, 4.69) is 26.9 Å². The lowest BCUT2D eigenvalue weighted by molar-refractivity contribution is 0.261. The molecule has 0 amide bonds. The van der Waals surface area contributed by atoms with Crippen molar-refractivity contribution in [2.75, 3.05) is 12.8 Å². The third kappa shape index (κ3) is 3.98. The van der Waals surface area contributed by atoms with E-state index in [1.165, 1.54) is 5.56 Å². The fraction of sp³-hybridized carbons (Fsp3) is 0.389. The van der Waals surface area contributed by atoms with Crippen LogP contribution in [-0.2, 0) is 36.2 Å². The molecule has 8 heteroatoms. The lowest BCUT2D eigenvalue weighted by Crippen LogP contribution is -2.23. The monoisotopic (exact) mass is 374 g/mol. The first-order chi connectivity index (χ1) is 12.5. The van der Waals surface area contributed by atoms with Gasteiger partial charge in [-0.25, -0.2) is 13.1 Å². The van der Waals surface area contributed by atoms with Gasteiger partial charge < -0.3 is 4.42 Å². The van der Waals surface area contributed by atoms with Crippen LogP contribution in [0.15, 0.2) is 41.0 Å². The van der Waals surface area contributed by atoms with Crippen LogP contribution in [0.5, 0.6) is 0 Å². The van der Waals surface area contributed by atoms with Gasteiger partial charge in [-0.1, -0.05) is 6.07 Å². The molecule has 1 N–H and O–H groups in total. The van der Waals surface area contributed by atoms with Crippen molar-refractivity contribution in [3.63, 3.8) is 0 Å². The molecular weight excluding hydrogens is 352 g/mol. The molecule has 0 atom stereocenters. The zero-order chi connectivity index (χ0) is 18.1. The quantitative estimate of drug-likeness (QED) is 0.740. The van der Waals surface area contributed by atoms with E-state index in [1.54, 1.807) is 6.26 Å². The van der Waals surface area contributed by atoms with Gasteiger partial charge in [0.1, 0.15) is 5.58 Å². The van der Waals surface area contributed by atoms with E-state index in [0.717, 1.165) is 61.2 Å². The van der Waals surface area contributed by atoms with Crippen LogP contribution in [0, 0.1) is 0 Å². The van der Waals surface area contributed by atoms with Gasteiger partial charge in [-0.2, -0.15) is 5.10 Å². The molecule has 0 saturated carbocycles. The zero-order valence-corrected chi connectivity index (χ0v) is 15.5. The Bertz CT molecular complexity index is 1020. The number of furan rings is 1. The van der Waals surface area contributed by atoms with Gasteiger partial charge in [-0.15, -0.1) is 0 Å². The number of fused-ring (bicyclic) bond motifs is 2. The predicted molar refractivity (Wildman–Crippen MR) is 98.9 cm³/mol. The number of aromatic nitrogens is 2. The van der Waals surface area contributed by atoms with Gasteiger partial charge in [0.05, 0.1) is 30.5 Å². The highest BCUT2D eigenvalue weighted by Gasteiger charge is 2.17. The van der Waals surface area contributed by atoms with Crippen molar-refractivity contribution in [1.82, 2.24) is 19.4 Å². The molecule has 0 spiro atoms. The molecule has 0 unspecified atom stereocenters. The summed E-state index contributed by atoms with van der Waals surface area (Å²) in [6, 6.07) is 10.3. The Morgan fingerprint density at radius 3 is 2.96 bits per heavy atom. The second-order valence-corrected chi connectivity index (χ2v) is 8.63. The summed E-state index contributed by atoms with van der Waals surface area (Å²) in [5.74, 6) is 0. The van der Waals surface area contributed by atoms with Crippen LogP contribution >= 0.6 is 0 Å². The normalized spacial score (nSPS) is 15.9. The Morgan fingerprint density at radius 1 is 1.23 bits per heavy atom. The van der Waals surface area contributed by atoms with Crippen LogP contribution in [-0.4, -0.2) is 35.9 Å². The molecule has 3 heterocycles. The highest BCUT2D eigenvalue weighted by Crippen LogP contribution is 2.20. The number of nitrogens with one attached hydrogen (secondary N) is 1. The Labute approximate surface area is 152 Å². The molecule has 138 valence electrons. The average molecular weight is 374 g/mol. The van der Waals surface area contributed by atoms with Crippen LogP contribution in [0.4, 0.5) is 0 Å². The van der Waals surface area contributed by atoms with Gasteiger partial charge in [0.25, 0.3) is 0 Å². The largest absolute Gasteiger partial charge is 0.464 e. The lowest BCUT2D eigenvalue weighted by Gasteiger charge is -2.19. The van der Waals surface area contributed by atoms with Crippen molar-refractivity contribution >= 4 is 21.0 Å². The number of aryl methyl sites for hydroxylation is 1. The summed E-state index contributed by atoms with van der Waals surface area (Å²) in [5.41, 5.74) is 4.04. The predicted octanol–water partition coefficient (Wildman–Crippen LogP) is 2.08. The van der Waals surface area contributed by atoms with E-state index in [4.69, 9.17) is 4.42 Å². The third-order valence-corrected chi connectivity index (χ3v) is 5.25. The van der Waals surface area contributed by atoms with Crippen molar-refractivity contribution < 1.29 is 12.8 Å². The average Bonchev–Trinajstić information content (AvgIpc) is 3.15. The Morgan fingerprint density at radius 2 is 2.12 bits per heavy atom. The van der Waals surface area contributed by atoms with Crippen LogP contribution < -0.4 is 4.72 Å². The summed E-state index contributed by atoms with van der Waals surface area (Å²) in [5, 5.41) is 5.66. The number of hydrogen-bond donors (Lipinski definition) is 1. The maximum Gasteiger partial charge on any atom is 0.209 e. The molecule has 0 bridgehead atoms. The van der Waals surface area contributed by atoms with Gasteiger partial charge in [-0.3, -0.25) is 9.58 Å². The molecule has 3 aromatic rings. The van der Waals surface area contributed by atoms with Crippen molar-refractivity contribution in [1.29, 1.82) is 0 Å². The molecule has 7 nitrogen and oxygen atoms in total. The summed E-state index contributed by atoms with van der Waals surface area (Å²) in [6.45, 7) is 3.75. The Kier molecular flexibility index (Phi) is 4.56. The number of benzene rings is 1. The smallest absolute Gasteiger partial charge is 0.209 e. The van der Waals surface area contributed by atoms with Gasteiger partial charge in [0.2, 0.25) is 10.0 Å². The van der Waals surface area contributed by atoms with Gasteiger partial charge >= 0.3 is 0 Å². The highest BCUT2D eigenvalue weighted by molar-refractivity contribution is 7.88. The van der Waals surface area contributed by atoms with E-state index < -0.39 is 10.0 Å². The van der Waals surface area contributed by atoms with E-state index >= 15 is 0 Å². The van der Waals surface area contributed by atoms with Crippen LogP contribution in [0.25, 0.3) is 11.0 Å². The van der Waals surface area contributed by atoms with Crippen molar-refractivity contribution in [3.05, 3.63) is 53.5 Å². The van der Waals surface area contributed by atoms with Crippen molar-refractivity contribution in [3.8, 4) is 0 Å². The lowest BCUT2D eigenvalue weighted by atomic mass is 10.1. The first kappa shape index (κ1) is 17.3. The maximum absolute atomic E-state index is 11.3. The number of sulfonamides is 1. The van der Waals surface area contributed by atoms with Gasteiger partial charge in [-0.05, 0) is 36.2 Å². The zero-order valence-electron chi connectivity index (χ0n) is 14.7. The second-order valence-electron chi connectivity index (χ2n) is 6.80. The molecule has 2 aromatic heterocycles. The molecule has 26 heavy (non-hydrogen) atoms. The number of nitrogens with zero attached hydrogens (tertiary/aromatic N) is 3. The van der Waals surface area contributed by atoms with Crippen LogP contribution in [0.1, 0.15) is 23.4 Å². The number of rotatable bonds is 5. The minimum atomic E-state index is -3.21. The minimum absolute atomic E-state index is 0.232. The fourth-order valence-corrected chi connectivity index (χ4v) is 3.80. The molecule has 0 fully saturated rings. The highest BCUT2D eigenvalue weighted by atomic mass is 32.2. The number of hydrogen-bond acceptors (Lipinski definition) is 5. The minimum Gasteiger partial charge on any atom is -0.464 e. The fourth-order valence-electron chi connectivity index (χ4n) is 3.39. The first-order valence-electron chi connectivity index (χ1n) is 8.65. The maximum atomic E-state index is 11.3. The molecule has 4 rings (SSSR count). The molecule has 0 saturated heterocycles. The Hall–Kier alpha value is -2.16. The summed E-state index contributed by atoms with van der Waals surface area (Å²) in [7, 11) is -3.21. The first-order valence-corrected chi connectivity index (χ1v) is 10.5. The summed E-state index contributed by atoms with van der Waals surface area (Å²) in [6.07, 6.45) is 3.89. The molecular formula is C18H22N4O3S. The molecule has 1 aliphatic heterocycles.